The number of anilines is 4. The van der Waals surface area contributed by atoms with Crippen LogP contribution in [0.3, 0.4) is 0 Å². The lowest BCUT2D eigenvalue weighted by Crippen LogP contribution is -2.18. The zero-order valence-electron chi connectivity index (χ0n) is 17.1. The Morgan fingerprint density at radius 1 is 0.667 bits per heavy atom. The summed E-state index contributed by atoms with van der Waals surface area (Å²) in [5.41, 5.74) is 5.75. The third-order valence-electron chi connectivity index (χ3n) is 4.49. The molecule has 0 spiro atoms. The molecule has 0 fully saturated rings. The minimum absolute atomic E-state index is 0.118. The number of carbonyl (C=O) groups is 2. The lowest BCUT2D eigenvalue weighted by molar-refractivity contribution is -0.114. The third kappa shape index (κ3) is 6.67. The van der Waals surface area contributed by atoms with E-state index in [1.165, 1.54) is 17.3 Å². The van der Waals surface area contributed by atoms with E-state index in [0.29, 0.717) is 0 Å². The summed E-state index contributed by atoms with van der Waals surface area (Å²) in [5.74, 6) is 0.181. The van der Waals surface area contributed by atoms with Gasteiger partial charge in [0.15, 0.2) is 0 Å². The molecule has 0 aliphatic carbocycles. The van der Waals surface area contributed by atoms with Crippen LogP contribution in [-0.2, 0) is 9.59 Å². The SMILES string of the molecule is Cc1ccc(NC(=O)CSCC(=O)Nc2ccc(Nc3ccccc3)cc2)cc1C. The lowest BCUT2D eigenvalue weighted by Gasteiger charge is -2.09. The van der Waals surface area contributed by atoms with Gasteiger partial charge in [-0.3, -0.25) is 9.59 Å². The van der Waals surface area contributed by atoms with Crippen LogP contribution < -0.4 is 16.0 Å². The summed E-state index contributed by atoms with van der Waals surface area (Å²) in [4.78, 5) is 24.2. The van der Waals surface area contributed by atoms with Crippen LogP contribution in [0.15, 0.2) is 72.8 Å². The van der Waals surface area contributed by atoms with E-state index in [2.05, 4.69) is 16.0 Å². The first kappa shape index (κ1) is 21.5. The Kier molecular flexibility index (Phi) is 7.51. The zero-order chi connectivity index (χ0) is 21.3. The molecule has 0 atom stereocenters. The number of carbonyl (C=O) groups excluding carboxylic acids is 2. The molecule has 30 heavy (non-hydrogen) atoms. The highest BCUT2D eigenvalue weighted by molar-refractivity contribution is 8.00. The van der Waals surface area contributed by atoms with Gasteiger partial charge in [-0.15, -0.1) is 11.8 Å². The van der Waals surface area contributed by atoms with E-state index in [0.717, 1.165) is 28.3 Å². The zero-order valence-corrected chi connectivity index (χ0v) is 17.9. The van der Waals surface area contributed by atoms with Crippen LogP contribution in [0.5, 0.6) is 0 Å². The average Bonchev–Trinajstić information content (AvgIpc) is 2.73. The van der Waals surface area contributed by atoms with Crippen LogP contribution in [0.1, 0.15) is 11.1 Å². The number of amides is 2. The van der Waals surface area contributed by atoms with Crippen molar-refractivity contribution in [3.05, 3.63) is 83.9 Å². The highest BCUT2D eigenvalue weighted by Gasteiger charge is 2.07. The second kappa shape index (κ2) is 10.5. The Balaban J connectivity index is 1.39. The topological polar surface area (TPSA) is 70.2 Å². The second-order valence-corrected chi connectivity index (χ2v) is 7.94. The van der Waals surface area contributed by atoms with Crippen LogP contribution >= 0.6 is 11.8 Å². The van der Waals surface area contributed by atoms with E-state index in [1.54, 1.807) is 0 Å². The molecule has 3 rings (SSSR count). The van der Waals surface area contributed by atoms with E-state index in [4.69, 9.17) is 0 Å². The molecule has 2 amide bonds. The predicted octanol–water partition coefficient (Wildman–Crippen LogP) is 5.36. The van der Waals surface area contributed by atoms with Gasteiger partial charge >= 0.3 is 0 Å². The molecule has 5 nitrogen and oxygen atoms in total. The minimum atomic E-state index is -0.136. The summed E-state index contributed by atoms with van der Waals surface area (Å²) in [6, 6.07) is 23.2. The normalized spacial score (nSPS) is 10.3. The molecule has 0 aromatic heterocycles. The number of aryl methyl sites for hydroxylation is 2. The van der Waals surface area contributed by atoms with Crippen molar-refractivity contribution in [1.29, 1.82) is 0 Å². The van der Waals surface area contributed by atoms with E-state index in [-0.39, 0.29) is 23.3 Å². The van der Waals surface area contributed by atoms with Crippen LogP contribution in [0.2, 0.25) is 0 Å². The van der Waals surface area contributed by atoms with Crippen LogP contribution in [0, 0.1) is 13.8 Å². The first-order valence-electron chi connectivity index (χ1n) is 9.66. The number of hydrogen-bond donors (Lipinski definition) is 3. The molecule has 0 bridgehead atoms. The molecule has 0 saturated heterocycles. The number of nitrogens with one attached hydrogen (secondary N) is 3. The van der Waals surface area contributed by atoms with Crippen molar-refractivity contribution < 1.29 is 9.59 Å². The van der Waals surface area contributed by atoms with E-state index in [9.17, 15) is 9.59 Å². The number of rotatable bonds is 8. The molecule has 3 N–H and O–H groups in total. The van der Waals surface area contributed by atoms with Gasteiger partial charge in [-0.2, -0.15) is 0 Å². The van der Waals surface area contributed by atoms with Crippen molar-refractivity contribution in [2.75, 3.05) is 27.5 Å². The standard InChI is InChI=1S/C24H25N3O2S/c1-17-8-9-22(14-18(17)2)27-24(29)16-30-15-23(28)26-21-12-10-20(11-13-21)25-19-6-4-3-5-7-19/h3-14,25H,15-16H2,1-2H3,(H,26,28)(H,27,29). The van der Waals surface area contributed by atoms with Gasteiger partial charge in [0.1, 0.15) is 0 Å². The van der Waals surface area contributed by atoms with Crippen molar-refractivity contribution in [2.24, 2.45) is 0 Å². The molecule has 0 aliphatic rings. The molecule has 0 unspecified atom stereocenters. The monoisotopic (exact) mass is 419 g/mol. The second-order valence-electron chi connectivity index (χ2n) is 6.96. The highest BCUT2D eigenvalue weighted by atomic mass is 32.2. The Morgan fingerprint density at radius 2 is 1.20 bits per heavy atom. The molecule has 0 heterocycles. The molecule has 3 aromatic carbocycles. The summed E-state index contributed by atoms with van der Waals surface area (Å²) < 4.78 is 0. The number of hydrogen-bond acceptors (Lipinski definition) is 4. The van der Waals surface area contributed by atoms with Crippen LogP contribution in [0.4, 0.5) is 22.7 Å². The molecule has 6 heteroatoms. The fourth-order valence-corrected chi connectivity index (χ4v) is 3.39. The van der Waals surface area contributed by atoms with Crippen molar-refractivity contribution in [3.63, 3.8) is 0 Å². The Bertz CT molecular complexity index is 1000. The molecular weight excluding hydrogens is 394 g/mol. The predicted molar refractivity (Wildman–Crippen MR) is 127 cm³/mol. The molecule has 3 aromatic rings. The summed E-state index contributed by atoms with van der Waals surface area (Å²) in [7, 11) is 0. The maximum atomic E-state index is 12.1. The molecule has 0 radical (unpaired) electrons. The maximum absolute atomic E-state index is 12.1. The Hall–Kier alpha value is -3.25. The first-order chi connectivity index (χ1) is 14.5. The average molecular weight is 420 g/mol. The number of thioether (sulfide) groups is 1. The van der Waals surface area contributed by atoms with Crippen molar-refractivity contribution in [3.8, 4) is 0 Å². The van der Waals surface area contributed by atoms with Gasteiger partial charge in [0, 0.05) is 22.7 Å². The van der Waals surface area contributed by atoms with E-state index in [1.807, 2.05) is 86.6 Å². The molecular formula is C24H25N3O2S. The number of benzene rings is 3. The largest absolute Gasteiger partial charge is 0.356 e. The van der Waals surface area contributed by atoms with Gasteiger partial charge in [0.25, 0.3) is 0 Å². The smallest absolute Gasteiger partial charge is 0.234 e. The van der Waals surface area contributed by atoms with Crippen molar-refractivity contribution >= 4 is 46.3 Å². The fraction of sp³-hybridized carbons (Fsp3) is 0.167. The van der Waals surface area contributed by atoms with Gasteiger partial charge in [-0.05, 0) is 73.5 Å². The van der Waals surface area contributed by atoms with Crippen LogP contribution in [-0.4, -0.2) is 23.3 Å². The Morgan fingerprint density at radius 3 is 1.83 bits per heavy atom. The maximum Gasteiger partial charge on any atom is 0.234 e. The highest BCUT2D eigenvalue weighted by Crippen LogP contribution is 2.19. The summed E-state index contributed by atoms with van der Waals surface area (Å²) in [6.07, 6.45) is 0. The lowest BCUT2D eigenvalue weighted by atomic mass is 10.1. The fourth-order valence-electron chi connectivity index (χ4n) is 2.77. The number of para-hydroxylation sites is 1. The molecule has 0 saturated carbocycles. The summed E-state index contributed by atoms with van der Waals surface area (Å²) >= 11 is 1.28. The summed E-state index contributed by atoms with van der Waals surface area (Å²) in [5, 5.41) is 9.01. The van der Waals surface area contributed by atoms with Gasteiger partial charge in [0.05, 0.1) is 11.5 Å². The van der Waals surface area contributed by atoms with Crippen LogP contribution in [0.25, 0.3) is 0 Å². The third-order valence-corrected chi connectivity index (χ3v) is 5.42. The van der Waals surface area contributed by atoms with Crippen molar-refractivity contribution in [1.82, 2.24) is 0 Å². The minimum Gasteiger partial charge on any atom is -0.356 e. The summed E-state index contributed by atoms with van der Waals surface area (Å²) in [6.45, 7) is 4.04. The first-order valence-corrected chi connectivity index (χ1v) is 10.8. The van der Waals surface area contributed by atoms with Gasteiger partial charge in [-0.25, -0.2) is 0 Å². The quantitative estimate of drug-likeness (QED) is 0.460. The van der Waals surface area contributed by atoms with Gasteiger partial charge < -0.3 is 16.0 Å². The van der Waals surface area contributed by atoms with E-state index >= 15 is 0 Å². The molecule has 154 valence electrons. The van der Waals surface area contributed by atoms with Crippen molar-refractivity contribution in [2.45, 2.75) is 13.8 Å². The Labute approximate surface area is 181 Å². The van der Waals surface area contributed by atoms with Gasteiger partial charge in [-0.1, -0.05) is 24.3 Å². The van der Waals surface area contributed by atoms with E-state index < -0.39 is 0 Å². The molecule has 0 aliphatic heterocycles. The van der Waals surface area contributed by atoms with Gasteiger partial charge in [0.2, 0.25) is 11.8 Å².